The van der Waals surface area contributed by atoms with Gasteiger partial charge in [0.25, 0.3) is 0 Å². The predicted octanol–water partition coefficient (Wildman–Crippen LogP) is 13.8. The van der Waals surface area contributed by atoms with Crippen molar-refractivity contribution in [3.05, 3.63) is 182 Å². The Morgan fingerprint density at radius 2 is 1.02 bits per heavy atom. The van der Waals surface area contributed by atoms with E-state index in [0.717, 1.165) is 43.9 Å². The summed E-state index contributed by atoms with van der Waals surface area (Å²) in [6, 6.07) is 65.0. The normalized spacial score (nSPS) is 11.9. The first-order chi connectivity index (χ1) is 27.7. The third kappa shape index (κ3) is 4.75. The lowest BCUT2D eigenvalue weighted by Gasteiger charge is -2.12. The molecule has 0 aliphatic carbocycles. The molecule has 9 aromatic carbocycles. The molecule has 5 heteroatoms. The molecular weight excluding hydrogens is 701 g/mol. The fraction of sp³-hybridized carbons (Fsp3) is 0. The third-order valence-electron chi connectivity index (χ3n) is 11.2. The molecule has 0 radical (unpaired) electrons. The highest BCUT2D eigenvalue weighted by molar-refractivity contribution is 7.26. The zero-order chi connectivity index (χ0) is 36.7. The average molecular weight is 731 g/mol. The molecule has 0 unspecified atom stereocenters. The summed E-state index contributed by atoms with van der Waals surface area (Å²) in [6.07, 6.45) is 0. The minimum Gasteiger partial charge on any atom is -0.309 e. The standard InChI is InChI=1S/C51H30N4S/c1-2-14-32(15-3-1)49-52-50(40-23-12-19-31-13-6-8-20-37(31)40)54-51(53-49)43-28-35-18-7-9-21-38(35)48-47(43)42-30-36(25-26-46(42)56-48)55-44-24-11-10-22-39(44)41-27-33-16-4-5-17-34(33)29-45(41)55/h1-30H. The highest BCUT2D eigenvalue weighted by Gasteiger charge is 2.21. The second-order valence-corrected chi connectivity index (χ2v) is 15.5. The van der Waals surface area contributed by atoms with Crippen molar-refractivity contribution < 1.29 is 0 Å². The monoisotopic (exact) mass is 730 g/mol. The molecule has 56 heavy (non-hydrogen) atoms. The Bertz CT molecular complexity index is 3540. The molecule has 0 saturated heterocycles. The Morgan fingerprint density at radius 3 is 1.86 bits per heavy atom. The molecule has 3 aromatic heterocycles. The van der Waals surface area contributed by atoms with Gasteiger partial charge in [0.2, 0.25) is 0 Å². The predicted molar refractivity (Wildman–Crippen MR) is 236 cm³/mol. The van der Waals surface area contributed by atoms with Crippen molar-refractivity contribution in [1.29, 1.82) is 0 Å². The summed E-state index contributed by atoms with van der Waals surface area (Å²) in [5, 5.41) is 12.0. The van der Waals surface area contributed by atoms with Gasteiger partial charge in [0.05, 0.1) is 11.0 Å². The number of aromatic nitrogens is 4. The summed E-state index contributed by atoms with van der Waals surface area (Å²) in [4.78, 5) is 15.8. The first kappa shape index (κ1) is 31.2. The van der Waals surface area contributed by atoms with E-state index in [0.29, 0.717) is 17.5 Å². The number of rotatable bonds is 4. The highest BCUT2D eigenvalue weighted by atomic mass is 32.1. The topological polar surface area (TPSA) is 43.6 Å². The number of thiophene rings is 1. The van der Waals surface area contributed by atoms with Gasteiger partial charge >= 0.3 is 0 Å². The van der Waals surface area contributed by atoms with Crippen LogP contribution in [0.25, 0.3) is 114 Å². The van der Waals surface area contributed by atoms with Crippen LogP contribution < -0.4 is 0 Å². The number of benzene rings is 9. The molecule has 4 nitrogen and oxygen atoms in total. The maximum Gasteiger partial charge on any atom is 0.164 e. The van der Waals surface area contributed by atoms with Gasteiger partial charge in [-0.2, -0.15) is 0 Å². The van der Waals surface area contributed by atoms with Crippen molar-refractivity contribution in [2.24, 2.45) is 0 Å². The van der Waals surface area contributed by atoms with Crippen molar-refractivity contribution in [3.63, 3.8) is 0 Å². The first-order valence-corrected chi connectivity index (χ1v) is 19.7. The van der Waals surface area contributed by atoms with E-state index >= 15 is 0 Å². The Balaban J connectivity index is 1.17. The fourth-order valence-corrected chi connectivity index (χ4v) is 9.85. The SMILES string of the molecule is c1ccc(-c2nc(-c3cccc4ccccc34)nc(-c3cc4ccccc4c4sc5ccc(-n6c7ccccc7c7cc8ccccc8cc76)cc5c34)n2)cc1. The smallest absolute Gasteiger partial charge is 0.164 e. The number of para-hydroxylation sites is 1. The van der Waals surface area contributed by atoms with E-state index in [-0.39, 0.29) is 0 Å². The lowest BCUT2D eigenvalue weighted by Crippen LogP contribution is -2.01. The summed E-state index contributed by atoms with van der Waals surface area (Å²) in [6.45, 7) is 0. The van der Waals surface area contributed by atoms with Gasteiger partial charge in [-0.1, -0.05) is 140 Å². The van der Waals surface area contributed by atoms with Crippen LogP contribution in [0.1, 0.15) is 0 Å². The quantitative estimate of drug-likeness (QED) is 0.181. The maximum absolute atomic E-state index is 5.35. The number of hydrogen-bond acceptors (Lipinski definition) is 4. The van der Waals surface area contributed by atoms with Crippen LogP contribution in [-0.2, 0) is 0 Å². The van der Waals surface area contributed by atoms with Gasteiger partial charge in [0.1, 0.15) is 0 Å². The summed E-state index contributed by atoms with van der Waals surface area (Å²) < 4.78 is 4.88. The molecule has 0 bridgehead atoms. The molecule has 0 fully saturated rings. The largest absolute Gasteiger partial charge is 0.309 e. The van der Waals surface area contributed by atoms with Gasteiger partial charge in [-0.15, -0.1) is 11.3 Å². The molecule has 0 aliphatic rings. The van der Waals surface area contributed by atoms with E-state index < -0.39 is 0 Å². The van der Waals surface area contributed by atoms with E-state index in [9.17, 15) is 0 Å². The van der Waals surface area contributed by atoms with Crippen LogP contribution in [0.2, 0.25) is 0 Å². The van der Waals surface area contributed by atoms with Gasteiger partial charge in [0, 0.05) is 53.3 Å². The van der Waals surface area contributed by atoms with Crippen LogP contribution in [-0.4, -0.2) is 19.5 Å². The molecule has 12 aromatic rings. The van der Waals surface area contributed by atoms with E-state index in [2.05, 4.69) is 168 Å². The van der Waals surface area contributed by atoms with Crippen molar-refractivity contribution in [2.45, 2.75) is 0 Å². The lowest BCUT2D eigenvalue weighted by molar-refractivity contribution is 1.08. The minimum absolute atomic E-state index is 0.651. The number of nitrogens with zero attached hydrogens (tertiary/aromatic N) is 4. The van der Waals surface area contributed by atoms with Crippen molar-refractivity contribution in [1.82, 2.24) is 19.5 Å². The van der Waals surface area contributed by atoms with Gasteiger partial charge < -0.3 is 4.57 Å². The van der Waals surface area contributed by atoms with Crippen LogP contribution in [0.4, 0.5) is 0 Å². The lowest BCUT2D eigenvalue weighted by atomic mass is 9.99. The highest BCUT2D eigenvalue weighted by Crippen LogP contribution is 2.45. The van der Waals surface area contributed by atoms with Crippen LogP contribution in [0.3, 0.4) is 0 Å². The summed E-state index contributed by atoms with van der Waals surface area (Å²) >= 11 is 1.84. The van der Waals surface area contributed by atoms with Gasteiger partial charge in [0.15, 0.2) is 17.5 Å². The van der Waals surface area contributed by atoms with Crippen molar-refractivity contribution in [3.8, 4) is 39.9 Å². The minimum atomic E-state index is 0.651. The van der Waals surface area contributed by atoms with Gasteiger partial charge in [-0.05, 0) is 74.8 Å². The summed E-state index contributed by atoms with van der Waals surface area (Å²) in [7, 11) is 0. The van der Waals surface area contributed by atoms with Crippen molar-refractivity contribution in [2.75, 3.05) is 0 Å². The van der Waals surface area contributed by atoms with Crippen molar-refractivity contribution >= 4 is 85.6 Å². The molecular formula is C51H30N4S. The molecule has 0 amide bonds. The zero-order valence-electron chi connectivity index (χ0n) is 30.0. The van der Waals surface area contributed by atoms with E-state index in [4.69, 9.17) is 15.0 Å². The van der Waals surface area contributed by atoms with E-state index in [1.54, 1.807) is 0 Å². The summed E-state index contributed by atoms with van der Waals surface area (Å²) in [5.74, 6) is 1.97. The van der Waals surface area contributed by atoms with Crippen LogP contribution in [0, 0.1) is 0 Å². The molecule has 0 saturated carbocycles. The first-order valence-electron chi connectivity index (χ1n) is 18.9. The second kappa shape index (κ2) is 12.2. The van der Waals surface area contributed by atoms with Crippen LogP contribution in [0.15, 0.2) is 182 Å². The van der Waals surface area contributed by atoms with E-state index in [1.807, 2.05) is 29.5 Å². The third-order valence-corrected chi connectivity index (χ3v) is 12.4. The molecule has 0 aliphatic heterocycles. The van der Waals surface area contributed by atoms with Crippen LogP contribution >= 0.6 is 11.3 Å². The molecule has 0 atom stereocenters. The van der Waals surface area contributed by atoms with Gasteiger partial charge in [-0.25, -0.2) is 15.0 Å². The molecule has 12 rings (SSSR count). The maximum atomic E-state index is 5.35. The fourth-order valence-electron chi connectivity index (χ4n) is 8.60. The molecule has 0 N–H and O–H groups in total. The van der Waals surface area contributed by atoms with Gasteiger partial charge in [-0.3, -0.25) is 0 Å². The number of hydrogen-bond donors (Lipinski definition) is 0. The Hall–Kier alpha value is -7.21. The zero-order valence-corrected chi connectivity index (χ0v) is 30.8. The van der Waals surface area contributed by atoms with Crippen LogP contribution in [0.5, 0.6) is 0 Å². The Morgan fingerprint density at radius 1 is 0.375 bits per heavy atom. The number of fused-ring (bicyclic) bond motifs is 10. The second-order valence-electron chi connectivity index (χ2n) is 14.4. The molecule has 0 spiro atoms. The summed E-state index contributed by atoms with van der Waals surface area (Å²) in [5.41, 5.74) is 6.43. The molecule has 260 valence electrons. The Kier molecular flexibility index (Phi) is 6.76. The molecule has 3 heterocycles. The van der Waals surface area contributed by atoms with E-state index in [1.165, 1.54) is 52.8 Å². The average Bonchev–Trinajstić information content (AvgIpc) is 3.81. The Labute approximate surface area is 325 Å².